The molecule has 5 nitrogen and oxygen atoms in total. The van der Waals surface area contributed by atoms with Gasteiger partial charge in [-0.25, -0.2) is 0 Å². The lowest BCUT2D eigenvalue weighted by Gasteiger charge is -2.35. The predicted octanol–water partition coefficient (Wildman–Crippen LogP) is 5.85. The van der Waals surface area contributed by atoms with Crippen LogP contribution in [0.4, 0.5) is 11.4 Å². The summed E-state index contributed by atoms with van der Waals surface area (Å²) in [5, 5.41) is 2.96. The number of anilines is 2. The predicted molar refractivity (Wildman–Crippen MR) is 134 cm³/mol. The number of nitrogens with zero attached hydrogens (tertiary/aromatic N) is 2. The van der Waals surface area contributed by atoms with Crippen LogP contribution in [0, 0.1) is 5.41 Å². The second-order valence-electron chi connectivity index (χ2n) is 9.35. The number of hydrogen-bond donors (Lipinski definition) is 1. The summed E-state index contributed by atoms with van der Waals surface area (Å²) in [4.78, 5) is 29.6. The number of benzene rings is 2. The van der Waals surface area contributed by atoms with Gasteiger partial charge in [-0.1, -0.05) is 51.1 Å². The standard InChI is InChI=1S/C26H36ClN3O2/c1-19(20-11-8-7-9-12-20)30(25(32)26(2,3)4)18-21-17-22(14-15-23(21)29(5)6)28-24(31)13-10-16-27/h7-9,11-12,14-15,17,19H,10,13,16,18H2,1-6H3,(H,28,31)/t19-/m0/s1. The van der Waals surface area contributed by atoms with Crippen LogP contribution in [0.2, 0.25) is 0 Å². The Morgan fingerprint density at radius 1 is 1.06 bits per heavy atom. The fourth-order valence-corrected chi connectivity index (χ4v) is 3.72. The molecule has 32 heavy (non-hydrogen) atoms. The van der Waals surface area contributed by atoms with E-state index >= 15 is 0 Å². The summed E-state index contributed by atoms with van der Waals surface area (Å²) in [6, 6.07) is 15.8. The number of carbonyl (C=O) groups is 2. The number of halogens is 1. The lowest BCUT2D eigenvalue weighted by atomic mass is 9.92. The first kappa shape index (κ1) is 25.7. The highest BCUT2D eigenvalue weighted by Crippen LogP contribution is 2.32. The third-order valence-electron chi connectivity index (χ3n) is 5.38. The van der Waals surface area contributed by atoms with Crippen molar-refractivity contribution in [2.75, 3.05) is 30.2 Å². The van der Waals surface area contributed by atoms with Crippen molar-refractivity contribution in [3.8, 4) is 0 Å². The van der Waals surface area contributed by atoms with Crippen molar-refractivity contribution in [3.05, 3.63) is 59.7 Å². The van der Waals surface area contributed by atoms with Crippen LogP contribution in [0.5, 0.6) is 0 Å². The maximum absolute atomic E-state index is 13.5. The molecule has 1 atom stereocenters. The van der Waals surface area contributed by atoms with Gasteiger partial charge < -0.3 is 15.1 Å². The zero-order valence-corrected chi connectivity index (χ0v) is 20.9. The van der Waals surface area contributed by atoms with Crippen LogP contribution in [0.25, 0.3) is 0 Å². The zero-order valence-electron chi connectivity index (χ0n) is 20.1. The molecular formula is C26H36ClN3O2. The molecule has 0 saturated heterocycles. The van der Waals surface area contributed by atoms with Crippen LogP contribution < -0.4 is 10.2 Å². The van der Waals surface area contributed by atoms with E-state index in [0.717, 1.165) is 22.5 Å². The molecule has 0 aromatic heterocycles. The molecule has 0 spiro atoms. The Bertz CT molecular complexity index is 907. The Balaban J connectivity index is 2.42. The highest BCUT2D eigenvalue weighted by molar-refractivity contribution is 6.18. The average molecular weight is 458 g/mol. The second kappa shape index (κ2) is 11.4. The summed E-state index contributed by atoms with van der Waals surface area (Å²) < 4.78 is 0. The molecule has 0 unspecified atom stereocenters. The average Bonchev–Trinajstić information content (AvgIpc) is 2.75. The van der Waals surface area contributed by atoms with Gasteiger partial charge in [0.2, 0.25) is 11.8 Å². The van der Waals surface area contributed by atoms with Gasteiger partial charge in [-0.3, -0.25) is 9.59 Å². The number of amides is 2. The van der Waals surface area contributed by atoms with Gasteiger partial charge in [-0.2, -0.15) is 0 Å². The molecule has 0 heterocycles. The van der Waals surface area contributed by atoms with Crippen molar-refractivity contribution in [2.45, 2.75) is 53.1 Å². The molecule has 2 aromatic carbocycles. The minimum atomic E-state index is -0.519. The van der Waals surface area contributed by atoms with Crippen molar-refractivity contribution in [2.24, 2.45) is 5.41 Å². The molecule has 1 N–H and O–H groups in total. The van der Waals surface area contributed by atoms with Gasteiger partial charge in [0.15, 0.2) is 0 Å². The molecule has 6 heteroatoms. The Kier molecular flexibility index (Phi) is 9.14. The minimum Gasteiger partial charge on any atom is -0.377 e. The topological polar surface area (TPSA) is 52.7 Å². The van der Waals surface area contributed by atoms with E-state index in [1.54, 1.807) is 0 Å². The molecule has 0 aliphatic rings. The molecule has 0 radical (unpaired) electrons. The van der Waals surface area contributed by atoms with Gasteiger partial charge >= 0.3 is 0 Å². The van der Waals surface area contributed by atoms with Crippen LogP contribution in [0.1, 0.15) is 57.7 Å². The lowest BCUT2D eigenvalue weighted by Crippen LogP contribution is -2.40. The van der Waals surface area contributed by atoms with Crippen LogP contribution >= 0.6 is 11.6 Å². The van der Waals surface area contributed by atoms with Gasteiger partial charge in [-0.15, -0.1) is 11.6 Å². The van der Waals surface area contributed by atoms with Gasteiger partial charge in [0.1, 0.15) is 0 Å². The highest BCUT2D eigenvalue weighted by atomic mass is 35.5. The molecule has 0 fully saturated rings. The van der Waals surface area contributed by atoms with E-state index in [9.17, 15) is 9.59 Å². The molecule has 2 aromatic rings. The normalized spacial score (nSPS) is 12.2. The number of carbonyl (C=O) groups excluding carboxylic acids is 2. The van der Waals surface area contributed by atoms with E-state index in [1.807, 2.05) is 93.2 Å². The van der Waals surface area contributed by atoms with E-state index < -0.39 is 5.41 Å². The summed E-state index contributed by atoms with van der Waals surface area (Å²) in [5.41, 5.74) is 3.28. The molecule has 0 bridgehead atoms. The van der Waals surface area contributed by atoms with Crippen molar-refractivity contribution in [1.29, 1.82) is 0 Å². The summed E-state index contributed by atoms with van der Waals surface area (Å²) in [6.45, 7) is 8.33. The third kappa shape index (κ3) is 6.99. The Labute approximate surface area is 197 Å². The van der Waals surface area contributed by atoms with Gasteiger partial charge in [0.05, 0.1) is 6.04 Å². The molecular weight excluding hydrogens is 422 g/mol. The molecule has 0 aliphatic heterocycles. The Morgan fingerprint density at radius 3 is 2.28 bits per heavy atom. The summed E-state index contributed by atoms with van der Waals surface area (Å²) in [6.07, 6.45) is 1.02. The highest BCUT2D eigenvalue weighted by Gasteiger charge is 2.31. The van der Waals surface area contributed by atoms with Crippen LogP contribution in [-0.2, 0) is 16.1 Å². The molecule has 0 aliphatic carbocycles. The van der Waals surface area contributed by atoms with Gasteiger partial charge in [-0.05, 0) is 42.7 Å². The molecule has 0 saturated carbocycles. The monoisotopic (exact) mass is 457 g/mol. The minimum absolute atomic E-state index is 0.0607. The van der Waals surface area contributed by atoms with Gasteiger partial charge in [0.25, 0.3) is 0 Å². The quantitative estimate of drug-likeness (QED) is 0.481. The zero-order chi connectivity index (χ0) is 23.9. The SMILES string of the molecule is C[C@@H](c1ccccc1)N(Cc1cc(NC(=O)CCCCl)ccc1N(C)C)C(=O)C(C)(C)C. The van der Waals surface area contributed by atoms with Gasteiger partial charge in [0, 0.05) is 49.7 Å². The third-order valence-corrected chi connectivity index (χ3v) is 5.64. The molecule has 2 amide bonds. The summed E-state index contributed by atoms with van der Waals surface area (Å²) >= 11 is 5.71. The maximum Gasteiger partial charge on any atom is 0.228 e. The smallest absolute Gasteiger partial charge is 0.228 e. The largest absolute Gasteiger partial charge is 0.377 e. The summed E-state index contributed by atoms with van der Waals surface area (Å²) in [7, 11) is 3.96. The lowest BCUT2D eigenvalue weighted by molar-refractivity contribution is -0.142. The van der Waals surface area contributed by atoms with E-state index in [1.165, 1.54) is 0 Å². The van der Waals surface area contributed by atoms with E-state index in [4.69, 9.17) is 11.6 Å². The molecule has 174 valence electrons. The van der Waals surface area contributed by atoms with Crippen molar-refractivity contribution >= 4 is 34.8 Å². The number of alkyl halides is 1. The first-order valence-corrected chi connectivity index (χ1v) is 11.6. The Hall–Kier alpha value is -2.53. The number of hydrogen-bond acceptors (Lipinski definition) is 3. The van der Waals surface area contributed by atoms with Crippen molar-refractivity contribution in [1.82, 2.24) is 4.90 Å². The first-order valence-electron chi connectivity index (χ1n) is 11.1. The van der Waals surface area contributed by atoms with Crippen LogP contribution in [0.15, 0.2) is 48.5 Å². The fourth-order valence-electron chi connectivity index (χ4n) is 3.59. The second-order valence-corrected chi connectivity index (χ2v) is 9.73. The fraction of sp³-hybridized carbons (Fsp3) is 0.462. The van der Waals surface area contributed by atoms with Crippen molar-refractivity contribution < 1.29 is 9.59 Å². The number of rotatable bonds is 9. The van der Waals surface area contributed by atoms with Crippen molar-refractivity contribution in [3.63, 3.8) is 0 Å². The Morgan fingerprint density at radius 2 is 1.72 bits per heavy atom. The number of nitrogens with one attached hydrogen (secondary N) is 1. The maximum atomic E-state index is 13.5. The molecule has 2 rings (SSSR count). The van der Waals surface area contributed by atoms with E-state index in [0.29, 0.717) is 25.3 Å². The first-order chi connectivity index (χ1) is 15.0. The summed E-state index contributed by atoms with van der Waals surface area (Å²) in [5.74, 6) is 0.476. The van der Waals surface area contributed by atoms with E-state index in [2.05, 4.69) is 12.2 Å². The van der Waals surface area contributed by atoms with Crippen LogP contribution in [0.3, 0.4) is 0 Å². The van der Waals surface area contributed by atoms with Crippen LogP contribution in [-0.4, -0.2) is 36.7 Å². The van der Waals surface area contributed by atoms with E-state index in [-0.39, 0.29) is 17.9 Å².